The monoisotopic (exact) mass is 229 g/mol. The third-order valence-corrected chi connectivity index (χ3v) is 3.58. The van der Waals surface area contributed by atoms with Crippen LogP contribution in [0.25, 0.3) is 0 Å². The number of aryl methyl sites for hydroxylation is 1. The van der Waals surface area contributed by atoms with Crippen molar-refractivity contribution in [2.24, 2.45) is 0 Å². The average Bonchev–Trinajstić information content (AvgIpc) is 2.71. The Kier molecular flexibility index (Phi) is 5.57. The second kappa shape index (κ2) is 6.74. The fourth-order valence-electron chi connectivity index (χ4n) is 1.33. The van der Waals surface area contributed by atoms with Crippen LogP contribution in [0.3, 0.4) is 0 Å². The summed E-state index contributed by atoms with van der Waals surface area (Å²) in [6, 6.07) is 0. The summed E-state index contributed by atoms with van der Waals surface area (Å²) in [5.74, 6) is 1.48. The quantitative estimate of drug-likeness (QED) is 0.702. The van der Waals surface area contributed by atoms with E-state index in [0.29, 0.717) is 0 Å². The molecule has 0 fully saturated rings. The second-order valence-electron chi connectivity index (χ2n) is 3.28. The topological polar surface area (TPSA) is 46.9 Å². The van der Waals surface area contributed by atoms with Gasteiger partial charge in [-0.15, -0.1) is 0 Å². The Hall–Kier alpha value is -0.680. The summed E-state index contributed by atoms with van der Waals surface area (Å²) in [5.41, 5.74) is 1.18. The van der Waals surface area contributed by atoms with E-state index in [-0.39, 0.29) is 0 Å². The Labute approximate surface area is 93.5 Å². The minimum atomic E-state index is -0.667. The number of rotatable bonds is 7. The third-order valence-electron chi connectivity index (χ3n) is 2.27. The van der Waals surface area contributed by atoms with E-state index in [0.717, 1.165) is 31.1 Å². The van der Waals surface area contributed by atoms with Crippen molar-refractivity contribution in [2.45, 2.75) is 26.9 Å². The molecule has 86 valence electrons. The summed E-state index contributed by atoms with van der Waals surface area (Å²) in [4.78, 5) is 4.09. The van der Waals surface area contributed by atoms with Crippen LogP contribution in [-0.2, 0) is 23.9 Å². The Balaban J connectivity index is 2.23. The zero-order valence-corrected chi connectivity index (χ0v) is 10.2. The lowest BCUT2D eigenvalue weighted by Gasteiger charge is -2.06. The van der Waals surface area contributed by atoms with Crippen LogP contribution in [-0.4, -0.2) is 31.8 Å². The average molecular weight is 229 g/mol. The van der Waals surface area contributed by atoms with Gasteiger partial charge in [-0.3, -0.25) is 4.21 Å². The molecule has 0 aliphatic carbocycles. The van der Waals surface area contributed by atoms with Crippen molar-refractivity contribution < 1.29 is 4.21 Å². The maximum Gasteiger partial charge on any atom is 0.0948 e. The van der Waals surface area contributed by atoms with Gasteiger partial charge in [-0.05, 0) is 6.92 Å². The highest BCUT2D eigenvalue weighted by atomic mass is 32.2. The molecule has 1 N–H and O–H groups in total. The van der Waals surface area contributed by atoms with E-state index in [1.807, 2.05) is 19.4 Å². The second-order valence-corrected chi connectivity index (χ2v) is 5.15. The third kappa shape index (κ3) is 4.13. The molecule has 1 heterocycles. The normalized spacial score (nSPS) is 12.9. The van der Waals surface area contributed by atoms with Gasteiger partial charge >= 0.3 is 0 Å². The molecular weight excluding hydrogens is 210 g/mol. The predicted octanol–water partition coefficient (Wildman–Crippen LogP) is 0.761. The summed E-state index contributed by atoms with van der Waals surface area (Å²) >= 11 is 0. The summed E-state index contributed by atoms with van der Waals surface area (Å²) in [6.07, 6.45) is 3.70. The van der Waals surface area contributed by atoms with Crippen LogP contribution in [0.5, 0.6) is 0 Å². The molecule has 0 aliphatic rings. The van der Waals surface area contributed by atoms with Crippen molar-refractivity contribution >= 4 is 10.8 Å². The van der Waals surface area contributed by atoms with Gasteiger partial charge in [0.1, 0.15) is 0 Å². The van der Waals surface area contributed by atoms with Gasteiger partial charge in [-0.1, -0.05) is 6.92 Å². The van der Waals surface area contributed by atoms with E-state index in [2.05, 4.69) is 21.8 Å². The van der Waals surface area contributed by atoms with Crippen LogP contribution >= 0.6 is 0 Å². The fraction of sp³-hybridized carbons (Fsp3) is 0.700. The SMILES string of the molecule is CCn1cncc1CNCCS(=O)CC. The Morgan fingerprint density at radius 2 is 2.33 bits per heavy atom. The summed E-state index contributed by atoms with van der Waals surface area (Å²) in [6.45, 7) is 6.58. The Bertz CT molecular complexity index is 311. The number of nitrogens with zero attached hydrogens (tertiary/aromatic N) is 2. The van der Waals surface area contributed by atoms with Gasteiger partial charge in [0.15, 0.2) is 0 Å². The van der Waals surface area contributed by atoms with Gasteiger partial charge in [0.05, 0.1) is 12.0 Å². The van der Waals surface area contributed by atoms with Gasteiger partial charge in [0.25, 0.3) is 0 Å². The molecule has 0 aromatic carbocycles. The highest BCUT2D eigenvalue weighted by Crippen LogP contribution is 1.97. The number of nitrogens with one attached hydrogen (secondary N) is 1. The van der Waals surface area contributed by atoms with Gasteiger partial charge < -0.3 is 9.88 Å². The molecule has 0 amide bonds. The van der Waals surface area contributed by atoms with Crippen molar-refractivity contribution in [1.82, 2.24) is 14.9 Å². The molecule has 1 unspecified atom stereocenters. The Morgan fingerprint density at radius 3 is 3.00 bits per heavy atom. The van der Waals surface area contributed by atoms with E-state index in [4.69, 9.17) is 0 Å². The highest BCUT2D eigenvalue weighted by Gasteiger charge is 2.00. The maximum atomic E-state index is 11.1. The van der Waals surface area contributed by atoms with Crippen LogP contribution < -0.4 is 5.32 Å². The summed E-state index contributed by atoms with van der Waals surface area (Å²) in [7, 11) is -0.667. The first-order chi connectivity index (χ1) is 7.27. The molecule has 0 saturated carbocycles. The van der Waals surface area contributed by atoms with Crippen LogP contribution in [0.4, 0.5) is 0 Å². The summed E-state index contributed by atoms with van der Waals surface area (Å²) < 4.78 is 13.3. The lowest BCUT2D eigenvalue weighted by molar-refractivity contribution is 0.640. The predicted molar refractivity (Wildman–Crippen MR) is 63.2 cm³/mol. The molecule has 1 aromatic heterocycles. The summed E-state index contributed by atoms with van der Waals surface area (Å²) in [5, 5.41) is 3.27. The van der Waals surface area contributed by atoms with E-state index in [1.54, 1.807) is 0 Å². The Morgan fingerprint density at radius 1 is 1.53 bits per heavy atom. The van der Waals surface area contributed by atoms with Crippen LogP contribution in [0.15, 0.2) is 12.5 Å². The standard InChI is InChI=1S/C10H19N3OS/c1-3-13-9-12-8-10(13)7-11-5-6-15(14)4-2/h8-9,11H,3-7H2,1-2H3. The zero-order chi connectivity index (χ0) is 11.1. The molecule has 0 spiro atoms. The minimum Gasteiger partial charge on any atom is -0.334 e. The minimum absolute atomic E-state index is 0.667. The lowest BCUT2D eigenvalue weighted by Crippen LogP contribution is -2.22. The van der Waals surface area contributed by atoms with Gasteiger partial charge in [-0.25, -0.2) is 4.98 Å². The van der Waals surface area contributed by atoms with Crippen molar-refractivity contribution in [3.8, 4) is 0 Å². The van der Waals surface area contributed by atoms with E-state index < -0.39 is 10.8 Å². The molecule has 1 rings (SSSR count). The van der Waals surface area contributed by atoms with E-state index in [1.165, 1.54) is 5.69 Å². The van der Waals surface area contributed by atoms with E-state index in [9.17, 15) is 4.21 Å². The smallest absolute Gasteiger partial charge is 0.0948 e. The van der Waals surface area contributed by atoms with Crippen LogP contribution in [0, 0.1) is 0 Å². The number of hydrogen-bond donors (Lipinski definition) is 1. The molecule has 4 nitrogen and oxygen atoms in total. The first-order valence-electron chi connectivity index (χ1n) is 5.32. The fourth-order valence-corrected chi connectivity index (χ4v) is 1.99. The molecule has 1 atom stereocenters. The van der Waals surface area contributed by atoms with E-state index >= 15 is 0 Å². The van der Waals surface area contributed by atoms with Gasteiger partial charge in [-0.2, -0.15) is 0 Å². The zero-order valence-electron chi connectivity index (χ0n) is 9.40. The number of aromatic nitrogens is 2. The van der Waals surface area contributed by atoms with Crippen molar-refractivity contribution in [3.05, 3.63) is 18.2 Å². The highest BCUT2D eigenvalue weighted by molar-refractivity contribution is 7.84. The maximum absolute atomic E-state index is 11.1. The molecule has 0 aliphatic heterocycles. The molecule has 15 heavy (non-hydrogen) atoms. The number of hydrogen-bond acceptors (Lipinski definition) is 3. The van der Waals surface area contributed by atoms with Gasteiger partial charge in [0, 0.05) is 48.1 Å². The first kappa shape index (κ1) is 12.4. The molecule has 0 bridgehead atoms. The van der Waals surface area contributed by atoms with Crippen LogP contribution in [0.1, 0.15) is 19.5 Å². The molecule has 0 radical (unpaired) electrons. The van der Waals surface area contributed by atoms with Crippen molar-refractivity contribution in [2.75, 3.05) is 18.1 Å². The molecular formula is C10H19N3OS. The molecule has 0 saturated heterocycles. The van der Waals surface area contributed by atoms with Crippen molar-refractivity contribution in [3.63, 3.8) is 0 Å². The molecule has 5 heteroatoms. The molecule has 1 aromatic rings. The lowest BCUT2D eigenvalue weighted by atomic mass is 10.4. The van der Waals surface area contributed by atoms with Gasteiger partial charge in [0.2, 0.25) is 0 Å². The van der Waals surface area contributed by atoms with Crippen LogP contribution in [0.2, 0.25) is 0 Å². The van der Waals surface area contributed by atoms with Crippen molar-refractivity contribution in [1.29, 1.82) is 0 Å². The largest absolute Gasteiger partial charge is 0.334 e. The number of imidazole rings is 1. The first-order valence-corrected chi connectivity index (χ1v) is 6.81.